The van der Waals surface area contributed by atoms with Crippen LogP contribution < -0.4 is 26.4 Å². The quantitative estimate of drug-likeness (QED) is 0.150. The minimum absolute atomic E-state index is 0. The summed E-state index contributed by atoms with van der Waals surface area (Å²) >= 11 is 0. The van der Waals surface area contributed by atoms with Crippen LogP contribution in [0.3, 0.4) is 0 Å². The van der Waals surface area contributed by atoms with Crippen molar-refractivity contribution < 1.29 is 32.6 Å². The second-order valence-electron chi connectivity index (χ2n) is 12.1. The molecular formula is C35H45ClF2N6O5. The Morgan fingerprint density at radius 2 is 1.82 bits per heavy atom. The molecule has 1 fully saturated rings. The molecule has 5 N–H and O–H groups in total. The Hall–Kier alpha value is -4.33. The lowest BCUT2D eigenvalue weighted by Gasteiger charge is -2.40. The number of methoxy groups -OCH3 is 1. The van der Waals surface area contributed by atoms with Crippen molar-refractivity contribution in [3.8, 4) is 11.6 Å². The average molecular weight is 703 g/mol. The van der Waals surface area contributed by atoms with E-state index >= 15 is 0 Å². The molecule has 0 radical (unpaired) electrons. The summed E-state index contributed by atoms with van der Waals surface area (Å²) in [5.74, 6) is -2.23. The number of hydrogen-bond acceptors (Lipinski definition) is 7. The SMILES string of the molecule is CCCCC1CC(NC(=O)Nc2cc(C(N)=O)c(F)cc2F)CCN1Cc1ccc(Oc2c(C)cc(C(=O)NCCOC)cc2C)nc1.Cl. The number of aromatic nitrogens is 1. The number of nitrogens with one attached hydrogen (secondary N) is 3. The monoisotopic (exact) mass is 702 g/mol. The molecule has 266 valence electrons. The molecular weight excluding hydrogens is 658 g/mol. The molecule has 2 atom stereocenters. The van der Waals surface area contributed by atoms with Crippen molar-refractivity contribution in [2.75, 3.05) is 32.1 Å². The van der Waals surface area contributed by atoms with Crippen molar-refractivity contribution in [2.45, 2.75) is 71.5 Å². The molecule has 2 unspecified atom stereocenters. The van der Waals surface area contributed by atoms with Crippen LogP contribution in [0.25, 0.3) is 0 Å². The van der Waals surface area contributed by atoms with Gasteiger partial charge in [-0.1, -0.05) is 25.8 Å². The molecule has 49 heavy (non-hydrogen) atoms. The number of carbonyl (C=O) groups is 3. The number of hydrogen-bond donors (Lipinski definition) is 4. The highest BCUT2D eigenvalue weighted by molar-refractivity contribution is 5.96. The van der Waals surface area contributed by atoms with Crippen LogP contribution in [-0.2, 0) is 11.3 Å². The van der Waals surface area contributed by atoms with Gasteiger partial charge in [0.15, 0.2) is 0 Å². The summed E-state index contributed by atoms with van der Waals surface area (Å²) in [6.45, 7) is 8.16. The topological polar surface area (TPSA) is 148 Å². The molecule has 2 heterocycles. The first-order valence-electron chi connectivity index (χ1n) is 16.1. The summed E-state index contributed by atoms with van der Waals surface area (Å²) < 4.78 is 39.2. The Morgan fingerprint density at radius 3 is 2.45 bits per heavy atom. The van der Waals surface area contributed by atoms with Gasteiger partial charge in [-0.05, 0) is 68.0 Å². The standard InChI is InChI=1S/C35H44F2N6O5.ClH/c1-5-6-7-26-16-25(41-35(46)42-30-17-27(33(38)44)28(36)18-29(30)37)10-12-43(26)20-23-8-9-31(40-19-23)48-32-21(2)14-24(15-22(32)3)34(45)39-11-13-47-4;/h8-9,14-15,17-19,25-26H,5-7,10-13,16,20H2,1-4H3,(H2,38,44)(H,39,45)(H2,41,42,46);1H. The van der Waals surface area contributed by atoms with Crippen molar-refractivity contribution in [2.24, 2.45) is 5.73 Å². The fraction of sp³-hybridized carbons (Fsp3) is 0.429. The molecule has 0 bridgehead atoms. The van der Waals surface area contributed by atoms with Gasteiger partial charge in [-0.15, -0.1) is 12.4 Å². The number of nitrogens with zero attached hydrogens (tertiary/aromatic N) is 2. The highest BCUT2D eigenvalue weighted by Gasteiger charge is 2.29. The first-order valence-corrected chi connectivity index (χ1v) is 16.1. The number of ether oxygens (including phenoxy) is 2. The zero-order valence-electron chi connectivity index (χ0n) is 28.2. The molecule has 11 nitrogen and oxygen atoms in total. The van der Waals surface area contributed by atoms with Crippen LogP contribution in [-0.4, -0.2) is 66.6 Å². The van der Waals surface area contributed by atoms with Crippen molar-refractivity contribution in [3.63, 3.8) is 0 Å². The van der Waals surface area contributed by atoms with Crippen molar-refractivity contribution in [1.29, 1.82) is 0 Å². The number of piperidine rings is 1. The van der Waals surface area contributed by atoms with E-state index in [2.05, 4.69) is 32.8 Å². The van der Waals surface area contributed by atoms with Gasteiger partial charge in [-0.2, -0.15) is 0 Å². The first-order chi connectivity index (χ1) is 23.0. The number of pyridine rings is 1. The Kier molecular flexibility index (Phi) is 14.7. The molecule has 1 aromatic heterocycles. The van der Waals surface area contributed by atoms with E-state index < -0.39 is 29.1 Å². The van der Waals surface area contributed by atoms with Crippen LogP contribution in [0.15, 0.2) is 42.6 Å². The fourth-order valence-corrected chi connectivity index (χ4v) is 5.87. The maximum absolute atomic E-state index is 14.3. The number of anilines is 1. The van der Waals surface area contributed by atoms with Gasteiger partial charge in [0.1, 0.15) is 17.4 Å². The van der Waals surface area contributed by atoms with Gasteiger partial charge in [0.05, 0.1) is 17.9 Å². The lowest BCUT2D eigenvalue weighted by Crippen LogP contribution is -2.50. The lowest BCUT2D eigenvalue weighted by molar-refractivity contribution is 0.0935. The molecule has 4 rings (SSSR count). The lowest BCUT2D eigenvalue weighted by atomic mass is 9.93. The van der Waals surface area contributed by atoms with E-state index in [1.807, 2.05) is 26.0 Å². The van der Waals surface area contributed by atoms with Crippen molar-refractivity contribution in [1.82, 2.24) is 20.5 Å². The molecule has 2 aromatic carbocycles. The number of halogens is 3. The number of carbonyl (C=O) groups excluding carboxylic acids is 3. The maximum Gasteiger partial charge on any atom is 0.319 e. The molecule has 0 saturated carbocycles. The molecule has 0 spiro atoms. The molecule has 1 saturated heterocycles. The summed E-state index contributed by atoms with van der Waals surface area (Å²) in [7, 11) is 1.58. The summed E-state index contributed by atoms with van der Waals surface area (Å²) in [6.07, 6.45) is 6.15. The van der Waals surface area contributed by atoms with Crippen LogP contribution in [0.2, 0.25) is 0 Å². The molecule has 0 aliphatic carbocycles. The van der Waals surface area contributed by atoms with E-state index in [1.54, 1.807) is 25.4 Å². The summed E-state index contributed by atoms with van der Waals surface area (Å²) in [5.41, 5.74) is 7.53. The smallest absolute Gasteiger partial charge is 0.319 e. The predicted molar refractivity (Wildman–Crippen MR) is 185 cm³/mol. The van der Waals surface area contributed by atoms with Gasteiger partial charge < -0.3 is 31.2 Å². The van der Waals surface area contributed by atoms with E-state index in [-0.39, 0.29) is 36.1 Å². The molecule has 14 heteroatoms. The zero-order valence-corrected chi connectivity index (χ0v) is 29.1. The van der Waals surface area contributed by atoms with E-state index in [0.717, 1.165) is 48.6 Å². The number of likely N-dealkylation sites (tertiary alicyclic amines) is 1. The number of nitrogens with two attached hydrogens (primary N) is 1. The van der Waals surface area contributed by atoms with Gasteiger partial charge in [0.2, 0.25) is 5.88 Å². The van der Waals surface area contributed by atoms with Crippen molar-refractivity contribution >= 4 is 35.9 Å². The fourth-order valence-electron chi connectivity index (χ4n) is 5.87. The van der Waals surface area contributed by atoms with E-state index in [9.17, 15) is 23.2 Å². The minimum atomic E-state index is -1.09. The Balaban J connectivity index is 0.00000650. The van der Waals surface area contributed by atoms with Crippen LogP contribution in [0.5, 0.6) is 11.6 Å². The van der Waals surface area contributed by atoms with Crippen LogP contribution in [0.4, 0.5) is 19.3 Å². The first kappa shape index (κ1) is 39.1. The van der Waals surface area contributed by atoms with E-state index in [1.165, 1.54) is 0 Å². The second kappa shape index (κ2) is 18.4. The van der Waals surface area contributed by atoms with Crippen LogP contribution >= 0.6 is 12.4 Å². The third kappa shape index (κ3) is 10.8. The highest BCUT2D eigenvalue weighted by Crippen LogP contribution is 2.30. The van der Waals surface area contributed by atoms with E-state index in [0.29, 0.717) is 55.8 Å². The van der Waals surface area contributed by atoms with Gasteiger partial charge in [0.25, 0.3) is 11.8 Å². The number of rotatable bonds is 14. The zero-order chi connectivity index (χ0) is 34.8. The normalized spacial score (nSPS) is 16.0. The largest absolute Gasteiger partial charge is 0.438 e. The highest BCUT2D eigenvalue weighted by atomic mass is 35.5. The number of benzene rings is 2. The van der Waals surface area contributed by atoms with Crippen molar-refractivity contribution in [3.05, 3.63) is 82.0 Å². The Labute approximate surface area is 291 Å². The molecule has 1 aliphatic heterocycles. The van der Waals surface area contributed by atoms with Gasteiger partial charge in [0, 0.05) is 62.7 Å². The van der Waals surface area contributed by atoms with Gasteiger partial charge in [-0.25, -0.2) is 18.6 Å². The third-order valence-electron chi connectivity index (χ3n) is 8.34. The van der Waals surface area contributed by atoms with Crippen LogP contribution in [0, 0.1) is 25.5 Å². The Morgan fingerprint density at radius 1 is 1.08 bits per heavy atom. The average Bonchev–Trinajstić information content (AvgIpc) is 3.04. The van der Waals surface area contributed by atoms with Crippen LogP contribution in [0.1, 0.15) is 76.4 Å². The predicted octanol–water partition coefficient (Wildman–Crippen LogP) is 6.01. The Bertz CT molecular complexity index is 1590. The summed E-state index contributed by atoms with van der Waals surface area (Å²) in [4.78, 5) is 43.6. The summed E-state index contributed by atoms with van der Waals surface area (Å²) in [5, 5.41) is 8.11. The number of amides is 4. The van der Waals surface area contributed by atoms with Gasteiger partial charge >= 0.3 is 6.03 Å². The molecule has 1 aliphatic rings. The number of urea groups is 1. The molecule has 3 aromatic rings. The second-order valence-corrected chi connectivity index (χ2v) is 12.1. The number of primary amides is 1. The third-order valence-corrected chi connectivity index (χ3v) is 8.34. The number of aryl methyl sites for hydroxylation is 2. The maximum atomic E-state index is 14.3. The minimum Gasteiger partial charge on any atom is -0.438 e. The number of unbranched alkanes of at least 4 members (excludes halogenated alkanes) is 1. The van der Waals surface area contributed by atoms with E-state index in [4.69, 9.17) is 15.2 Å². The summed E-state index contributed by atoms with van der Waals surface area (Å²) in [6, 6.07) is 8.20. The van der Waals surface area contributed by atoms with Gasteiger partial charge in [-0.3, -0.25) is 14.5 Å². The molecule has 4 amide bonds.